The van der Waals surface area contributed by atoms with E-state index in [4.69, 9.17) is 0 Å². The van der Waals surface area contributed by atoms with Gasteiger partial charge in [-0.1, -0.05) is 42.5 Å². The van der Waals surface area contributed by atoms with E-state index in [0.717, 1.165) is 23.0 Å². The van der Waals surface area contributed by atoms with E-state index in [2.05, 4.69) is 28.1 Å². The van der Waals surface area contributed by atoms with E-state index < -0.39 is 0 Å². The number of nitrogens with one attached hydrogen (secondary N) is 1. The summed E-state index contributed by atoms with van der Waals surface area (Å²) in [6.45, 7) is 0.788. The molecule has 1 aliphatic heterocycles. The predicted molar refractivity (Wildman–Crippen MR) is 96.6 cm³/mol. The first-order valence-electron chi connectivity index (χ1n) is 7.57. The molecule has 2 heterocycles. The average Bonchev–Trinajstić information content (AvgIpc) is 3.13. The molecular weight excluding hydrogens is 320 g/mol. The van der Waals surface area contributed by atoms with Crippen molar-refractivity contribution in [3.63, 3.8) is 0 Å². The van der Waals surface area contributed by atoms with E-state index in [1.54, 1.807) is 6.08 Å². The molecule has 24 heavy (non-hydrogen) atoms. The van der Waals surface area contributed by atoms with Crippen molar-refractivity contribution in [2.45, 2.75) is 6.54 Å². The number of nitrogens with zero attached hydrogens (tertiary/aromatic N) is 1. The Hall–Kier alpha value is -2.79. The Morgan fingerprint density at radius 2 is 1.83 bits per heavy atom. The minimum atomic E-state index is -0.319. The summed E-state index contributed by atoms with van der Waals surface area (Å²) >= 11 is 0.698. The van der Waals surface area contributed by atoms with E-state index in [1.807, 2.05) is 42.6 Å². The maximum absolute atomic E-state index is 11.8. The number of benzene rings is 2. The second-order valence-corrected chi connectivity index (χ2v) is 6.51. The van der Waals surface area contributed by atoms with E-state index in [0.29, 0.717) is 17.5 Å². The average molecular weight is 334 g/mol. The molecule has 118 valence electrons. The Kier molecular flexibility index (Phi) is 3.70. The van der Waals surface area contributed by atoms with Gasteiger partial charge in [-0.25, -0.2) is 0 Å². The molecule has 1 fully saturated rings. The zero-order chi connectivity index (χ0) is 16.5. The summed E-state index contributed by atoms with van der Waals surface area (Å²) in [5, 5.41) is 3.09. The highest BCUT2D eigenvalue weighted by molar-refractivity contribution is 8.27. The molecule has 0 aliphatic carbocycles. The third kappa shape index (κ3) is 2.74. The summed E-state index contributed by atoms with van der Waals surface area (Å²) in [6, 6.07) is 18.3. The number of aromatic nitrogens is 1. The second kappa shape index (κ2) is 6.02. The van der Waals surface area contributed by atoms with Gasteiger partial charge in [0.05, 0.1) is 5.70 Å². The number of hydrogen-bond donors (Lipinski definition) is 1. The van der Waals surface area contributed by atoms with Gasteiger partial charge in [0.15, 0.2) is 0 Å². The normalized spacial score (nSPS) is 16.1. The van der Waals surface area contributed by atoms with Gasteiger partial charge in [0, 0.05) is 35.4 Å². The van der Waals surface area contributed by atoms with Gasteiger partial charge in [-0.2, -0.15) is 0 Å². The zero-order valence-electron chi connectivity index (χ0n) is 12.7. The zero-order valence-corrected chi connectivity index (χ0v) is 13.5. The first-order valence-corrected chi connectivity index (χ1v) is 8.39. The fourth-order valence-electron chi connectivity index (χ4n) is 2.87. The first kappa shape index (κ1) is 14.8. The van der Waals surface area contributed by atoms with Crippen LogP contribution in [0.3, 0.4) is 0 Å². The van der Waals surface area contributed by atoms with Crippen molar-refractivity contribution in [3.8, 4) is 0 Å². The van der Waals surface area contributed by atoms with E-state index in [9.17, 15) is 9.59 Å². The molecule has 0 bridgehead atoms. The quantitative estimate of drug-likeness (QED) is 0.736. The smallest absolute Gasteiger partial charge is 0.291 e. The summed E-state index contributed by atoms with van der Waals surface area (Å²) in [7, 11) is 0. The highest BCUT2D eigenvalue weighted by Crippen LogP contribution is 2.26. The van der Waals surface area contributed by atoms with Gasteiger partial charge in [-0.05, 0) is 29.3 Å². The number of amides is 1. The van der Waals surface area contributed by atoms with Crippen molar-refractivity contribution < 1.29 is 9.59 Å². The SMILES string of the molecule is O=C1NC(=Cc2cccc3c2ccn3Cc2ccccc2)C(=O)S1. The fraction of sp³-hybridized carbons (Fsp3) is 0.0526. The molecule has 5 heteroatoms. The van der Waals surface area contributed by atoms with Crippen molar-refractivity contribution in [1.29, 1.82) is 0 Å². The van der Waals surface area contributed by atoms with E-state index >= 15 is 0 Å². The van der Waals surface area contributed by atoms with Gasteiger partial charge < -0.3 is 9.88 Å². The lowest BCUT2D eigenvalue weighted by Crippen LogP contribution is -2.10. The molecule has 1 aliphatic rings. The molecule has 1 aromatic heterocycles. The van der Waals surface area contributed by atoms with Crippen LogP contribution in [-0.4, -0.2) is 14.9 Å². The van der Waals surface area contributed by atoms with Gasteiger partial charge in [0.1, 0.15) is 0 Å². The topological polar surface area (TPSA) is 51.1 Å². The van der Waals surface area contributed by atoms with Crippen LogP contribution in [0, 0.1) is 0 Å². The maximum atomic E-state index is 11.8. The first-order chi connectivity index (χ1) is 11.7. The molecule has 0 atom stereocenters. The molecule has 3 aromatic rings. The lowest BCUT2D eigenvalue weighted by atomic mass is 10.1. The molecule has 1 amide bonds. The third-order valence-corrected chi connectivity index (χ3v) is 4.68. The lowest BCUT2D eigenvalue weighted by molar-refractivity contribution is -0.107. The summed E-state index contributed by atoms with van der Waals surface area (Å²) in [4.78, 5) is 23.1. The van der Waals surface area contributed by atoms with Crippen molar-refractivity contribution in [2.24, 2.45) is 0 Å². The van der Waals surface area contributed by atoms with Crippen LogP contribution in [-0.2, 0) is 11.3 Å². The Labute approximate surface area is 143 Å². The number of rotatable bonds is 3. The lowest BCUT2D eigenvalue weighted by Gasteiger charge is -2.06. The summed E-state index contributed by atoms with van der Waals surface area (Å²) in [5.74, 6) is 0. The van der Waals surface area contributed by atoms with Crippen LogP contribution in [0.1, 0.15) is 11.1 Å². The van der Waals surface area contributed by atoms with Crippen molar-refractivity contribution in [3.05, 3.63) is 77.6 Å². The van der Waals surface area contributed by atoms with Crippen LogP contribution in [0.5, 0.6) is 0 Å². The molecule has 4 nitrogen and oxygen atoms in total. The number of carbonyl (C=O) groups is 2. The number of hydrogen-bond acceptors (Lipinski definition) is 3. The second-order valence-electron chi connectivity index (χ2n) is 5.57. The minimum Gasteiger partial charge on any atom is -0.343 e. The van der Waals surface area contributed by atoms with Crippen LogP contribution in [0.15, 0.2) is 66.5 Å². The van der Waals surface area contributed by atoms with Crippen molar-refractivity contribution in [1.82, 2.24) is 9.88 Å². The number of thioether (sulfide) groups is 1. The van der Waals surface area contributed by atoms with Gasteiger partial charge in [-0.3, -0.25) is 9.59 Å². The van der Waals surface area contributed by atoms with Gasteiger partial charge >= 0.3 is 0 Å². The predicted octanol–water partition coefficient (Wildman–Crippen LogP) is 4.01. The highest BCUT2D eigenvalue weighted by atomic mass is 32.2. The largest absolute Gasteiger partial charge is 0.343 e. The Balaban J connectivity index is 1.73. The van der Waals surface area contributed by atoms with Crippen LogP contribution in [0.4, 0.5) is 4.79 Å². The summed E-state index contributed by atoms with van der Waals surface area (Å²) in [5.41, 5.74) is 3.59. The van der Waals surface area contributed by atoms with Gasteiger partial charge in [-0.15, -0.1) is 0 Å². The molecule has 0 spiro atoms. The van der Waals surface area contributed by atoms with Crippen LogP contribution in [0.2, 0.25) is 0 Å². The molecule has 2 aromatic carbocycles. The van der Waals surface area contributed by atoms with Gasteiger partial charge in [0.2, 0.25) is 5.12 Å². The van der Waals surface area contributed by atoms with E-state index in [-0.39, 0.29) is 10.4 Å². The molecule has 1 saturated heterocycles. The maximum Gasteiger partial charge on any atom is 0.291 e. The molecule has 1 N–H and O–H groups in total. The van der Waals surface area contributed by atoms with Crippen molar-refractivity contribution in [2.75, 3.05) is 0 Å². The van der Waals surface area contributed by atoms with Crippen LogP contribution < -0.4 is 5.32 Å². The van der Waals surface area contributed by atoms with Crippen LogP contribution in [0.25, 0.3) is 17.0 Å². The monoisotopic (exact) mass is 334 g/mol. The Bertz CT molecular complexity index is 973. The standard InChI is InChI=1S/C19H14N2O2S/c22-18-16(20-19(23)24-18)11-14-7-4-8-17-15(14)9-10-21(17)12-13-5-2-1-3-6-13/h1-11H,12H2,(H,20,23). The molecule has 0 unspecified atom stereocenters. The van der Waals surface area contributed by atoms with Crippen LogP contribution >= 0.6 is 11.8 Å². The molecule has 0 radical (unpaired) electrons. The van der Waals surface area contributed by atoms with Gasteiger partial charge in [0.25, 0.3) is 5.24 Å². The molecule has 4 rings (SSSR count). The Morgan fingerprint density at radius 3 is 2.58 bits per heavy atom. The number of fused-ring (bicyclic) bond motifs is 1. The summed E-state index contributed by atoms with van der Waals surface area (Å²) < 4.78 is 2.18. The molecule has 0 saturated carbocycles. The minimum absolute atomic E-state index is 0.235. The highest BCUT2D eigenvalue weighted by Gasteiger charge is 2.25. The fourth-order valence-corrected chi connectivity index (χ4v) is 3.42. The van der Waals surface area contributed by atoms with E-state index in [1.165, 1.54) is 5.56 Å². The number of carbonyl (C=O) groups excluding carboxylic acids is 2. The Morgan fingerprint density at radius 1 is 1.00 bits per heavy atom. The third-order valence-electron chi connectivity index (χ3n) is 3.99. The molecular formula is C19H14N2O2S. The van der Waals surface area contributed by atoms with Crippen molar-refractivity contribution >= 4 is 39.1 Å². The summed E-state index contributed by atoms with van der Waals surface area (Å²) in [6.07, 6.45) is 3.79.